The molecule has 2 aromatic heterocycles. The molecule has 0 aliphatic heterocycles. The van der Waals surface area contributed by atoms with Crippen molar-refractivity contribution in [3.63, 3.8) is 0 Å². The van der Waals surface area contributed by atoms with E-state index in [1.165, 1.54) is 0 Å². The summed E-state index contributed by atoms with van der Waals surface area (Å²) in [5.41, 5.74) is 6.28. The third-order valence-corrected chi connectivity index (χ3v) is 2.39. The Balaban J connectivity index is 2.89. The molecule has 0 saturated carbocycles. The molecule has 2 heterocycles. The molecule has 0 fully saturated rings. The summed E-state index contributed by atoms with van der Waals surface area (Å²) in [5.74, 6) is 0.672. The van der Waals surface area contributed by atoms with Crippen molar-refractivity contribution in [2.45, 2.75) is 6.54 Å². The highest BCUT2D eigenvalue weighted by Crippen LogP contribution is 2.22. The Bertz CT molecular complexity index is 450. The minimum Gasteiger partial charge on any atom is -0.324 e. The van der Waals surface area contributed by atoms with E-state index >= 15 is 0 Å². The molecule has 13 heavy (non-hydrogen) atoms. The average molecular weight is 216 g/mol. The van der Waals surface area contributed by atoms with Crippen LogP contribution in [0.2, 0.25) is 10.3 Å². The van der Waals surface area contributed by atoms with E-state index in [2.05, 4.69) is 4.98 Å². The minimum atomic E-state index is 0.317. The van der Waals surface area contributed by atoms with Gasteiger partial charge in [-0.15, -0.1) is 0 Å². The van der Waals surface area contributed by atoms with Gasteiger partial charge in [-0.3, -0.25) is 4.40 Å². The molecule has 0 saturated heterocycles. The molecule has 3 nitrogen and oxygen atoms in total. The Morgan fingerprint density at radius 1 is 1.38 bits per heavy atom. The Labute approximate surface area is 85.1 Å². The Hall–Kier alpha value is -0.770. The standard InChI is InChI=1S/C8H7Cl2N3/c9-6-3-1-2-5-8(10)12-7(4-11)13(5)6/h1-3H,4,11H2. The van der Waals surface area contributed by atoms with Gasteiger partial charge in [-0.2, -0.15) is 0 Å². The topological polar surface area (TPSA) is 43.3 Å². The molecular weight excluding hydrogens is 209 g/mol. The van der Waals surface area contributed by atoms with Crippen LogP contribution in [-0.2, 0) is 6.54 Å². The quantitative estimate of drug-likeness (QED) is 0.741. The van der Waals surface area contributed by atoms with Gasteiger partial charge in [-0.1, -0.05) is 29.3 Å². The van der Waals surface area contributed by atoms with Crippen LogP contribution in [0.4, 0.5) is 0 Å². The van der Waals surface area contributed by atoms with E-state index in [0.29, 0.717) is 22.7 Å². The number of pyridine rings is 1. The molecule has 0 unspecified atom stereocenters. The molecular formula is C8H7Cl2N3. The van der Waals surface area contributed by atoms with Crippen molar-refractivity contribution < 1.29 is 0 Å². The van der Waals surface area contributed by atoms with Crippen molar-refractivity contribution in [3.8, 4) is 0 Å². The maximum atomic E-state index is 5.96. The van der Waals surface area contributed by atoms with Gasteiger partial charge in [0.15, 0.2) is 5.15 Å². The normalized spacial score (nSPS) is 11.0. The molecule has 5 heteroatoms. The number of hydrogen-bond donors (Lipinski definition) is 1. The maximum absolute atomic E-state index is 5.96. The summed E-state index contributed by atoms with van der Waals surface area (Å²) in [5, 5.41) is 1.00. The molecule has 0 aliphatic carbocycles. The zero-order valence-electron chi connectivity index (χ0n) is 6.67. The summed E-state index contributed by atoms with van der Waals surface area (Å²) in [4.78, 5) is 4.09. The van der Waals surface area contributed by atoms with E-state index in [4.69, 9.17) is 28.9 Å². The molecule has 68 valence electrons. The molecule has 2 rings (SSSR count). The van der Waals surface area contributed by atoms with Crippen LogP contribution in [0, 0.1) is 0 Å². The van der Waals surface area contributed by atoms with Gasteiger partial charge in [0.05, 0.1) is 12.1 Å². The summed E-state index contributed by atoms with van der Waals surface area (Å²) in [6, 6.07) is 5.44. The van der Waals surface area contributed by atoms with Crippen molar-refractivity contribution in [2.24, 2.45) is 5.73 Å². The first-order valence-electron chi connectivity index (χ1n) is 3.75. The molecule has 2 N–H and O–H groups in total. The zero-order chi connectivity index (χ0) is 9.42. The minimum absolute atomic E-state index is 0.317. The van der Waals surface area contributed by atoms with Gasteiger partial charge >= 0.3 is 0 Å². The first kappa shape index (κ1) is 8.81. The highest BCUT2D eigenvalue weighted by molar-refractivity contribution is 6.33. The number of nitrogens with two attached hydrogens (primary N) is 1. The number of hydrogen-bond acceptors (Lipinski definition) is 2. The molecule has 2 aromatic rings. The second-order valence-corrected chi connectivity index (χ2v) is 3.34. The summed E-state index contributed by atoms with van der Waals surface area (Å²) in [7, 11) is 0. The van der Waals surface area contributed by atoms with Crippen LogP contribution >= 0.6 is 23.2 Å². The third-order valence-electron chi connectivity index (χ3n) is 1.82. The smallest absolute Gasteiger partial charge is 0.155 e. The number of fused-ring (bicyclic) bond motifs is 1. The highest BCUT2D eigenvalue weighted by atomic mass is 35.5. The predicted octanol–water partition coefficient (Wildman–Crippen LogP) is 2.10. The molecule has 0 aliphatic rings. The van der Waals surface area contributed by atoms with Gasteiger partial charge in [0.2, 0.25) is 0 Å². The van der Waals surface area contributed by atoms with Crippen molar-refractivity contribution >= 4 is 28.7 Å². The Kier molecular flexibility index (Phi) is 2.15. The molecule has 0 aromatic carbocycles. The van der Waals surface area contributed by atoms with Crippen molar-refractivity contribution in [3.05, 3.63) is 34.3 Å². The van der Waals surface area contributed by atoms with Crippen LogP contribution in [0.3, 0.4) is 0 Å². The van der Waals surface area contributed by atoms with Gasteiger partial charge in [0.25, 0.3) is 0 Å². The number of imidazole rings is 1. The molecule has 0 amide bonds. The van der Waals surface area contributed by atoms with Gasteiger partial charge in [-0.25, -0.2) is 4.98 Å². The van der Waals surface area contributed by atoms with Crippen LogP contribution in [0.1, 0.15) is 5.82 Å². The van der Waals surface area contributed by atoms with E-state index in [0.717, 1.165) is 5.52 Å². The summed E-state index contributed by atoms with van der Waals surface area (Å²) < 4.78 is 1.74. The fourth-order valence-corrected chi connectivity index (χ4v) is 1.77. The first-order valence-corrected chi connectivity index (χ1v) is 4.51. The second kappa shape index (κ2) is 3.18. The van der Waals surface area contributed by atoms with Gasteiger partial charge < -0.3 is 5.73 Å². The van der Waals surface area contributed by atoms with Crippen molar-refractivity contribution in [1.29, 1.82) is 0 Å². The van der Waals surface area contributed by atoms with Gasteiger partial charge in [0.1, 0.15) is 11.0 Å². The van der Waals surface area contributed by atoms with Crippen molar-refractivity contribution in [1.82, 2.24) is 9.38 Å². The largest absolute Gasteiger partial charge is 0.324 e. The lowest BCUT2D eigenvalue weighted by Gasteiger charge is -1.99. The lowest BCUT2D eigenvalue weighted by Crippen LogP contribution is -2.02. The number of nitrogens with zero attached hydrogens (tertiary/aromatic N) is 2. The van der Waals surface area contributed by atoms with Crippen LogP contribution in [0.15, 0.2) is 18.2 Å². The van der Waals surface area contributed by atoms with E-state index in [-0.39, 0.29) is 0 Å². The summed E-state index contributed by atoms with van der Waals surface area (Å²) in [6.45, 7) is 0.317. The summed E-state index contributed by atoms with van der Waals surface area (Å²) >= 11 is 11.8. The van der Waals surface area contributed by atoms with Crippen LogP contribution in [0.25, 0.3) is 5.52 Å². The highest BCUT2D eigenvalue weighted by Gasteiger charge is 2.09. The Morgan fingerprint density at radius 3 is 2.85 bits per heavy atom. The first-order chi connectivity index (χ1) is 6.24. The van der Waals surface area contributed by atoms with Crippen LogP contribution < -0.4 is 5.73 Å². The van der Waals surface area contributed by atoms with Crippen molar-refractivity contribution in [2.75, 3.05) is 0 Å². The lowest BCUT2D eigenvalue weighted by molar-refractivity contribution is 0.904. The van der Waals surface area contributed by atoms with Gasteiger partial charge in [-0.05, 0) is 12.1 Å². The molecule has 0 spiro atoms. The monoisotopic (exact) mass is 215 g/mol. The van der Waals surface area contributed by atoms with E-state index in [1.54, 1.807) is 10.5 Å². The summed E-state index contributed by atoms with van der Waals surface area (Å²) in [6.07, 6.45) is 0. The fraction of sp³-hybridized carbons (Fsp3) is 0.125. The maximum Gasteiger partial charge on any atom is 0.155 e. The average Bonchev–Trinajstić information content (AvgIpc) is 2.45. The molecule has 0 radical (unpaired) electrons. The van der Waals surface area contributed by atoms with Crippen LogP contribution in [0.5, 0.6) is 0 Å². The van der Waals surface area contributed by atoms with E-state index in [1.807, 2.05) is 12.1 Å². The SMILES string of the molecule is NCc1nc(Cl)c2cccc(Cl)n12. The van der Waals surface area contributed by atoms with Crippen LogP contribution in [-0.4, -0.2) is 9.38 Å². The third kappa shape index (κ3) is 1.29. The van der Waals surface area contributed by atoms with E-state index < -0.39 is 0 Å². The fourth-order valence-electron chi connectivity index (χ4n) is 1.26. The number of rotatable bonds is 1. The van der Waals surface area contributed by atoms with Gasteiger partial charge in [0, 0.05) is 0 Å². The van der Waals surface area contributed by atoms with E-state index in [9.17, 15) is 0 Å². The molecule has 0 bridgehead atoms. The predicted molar refractivity (Wildman–Crippen MR) is 53.1 cm³/mol. The zero-order valence-corrected chi connectivity index (χ0v) is 8.18. The Morgan fingerprint density at radius 2 is 2.15 bits per heavy atom. The second-order valence-electron chi connectivity index (χ2n) is 2.59. The molecule has 0 atom stereocenters. The number of halogens is 2. The number of aromatic nitrogens is 2. The lowest BCUT2D eigenvalue weighted by atomic mass is 10.4.